The second kappa shape index (κ2) is 4.92. The van der Waals surface area contributed by atoms with E-state index in [4.69, 9.17) is 0 Å². The van der Waals surface area contributed by atoms with Crippen molar-refractivity contribution in [3.8, 4) is 0 Å². The highest BCUT2D eigenvalue weighted by Gasteiger charge is 2.39. The summed E-state index contributed by atoms with van der Waals surface area (Å²) in [5.41, 5.74) is -0.954. The van der Waals surface area contributed by atoms with Crippen molar-refractivity contribution in [1.29, 1.82) is 0 Å². The van der Waals surface area contributed by atoms with Crippen molar-refractivity contribution in [2.24, 2.45) is 0 Å². The van der Waals surface area contributed by atoms with Crippen LogP contribution in [0.4, 0.5) is 24.5 Å². The van der Waals surface area contributed by atoms with E-state index in [0.717, 1.165) is 6.07 Å². The van der Waals surface area contributed by atoms with E-state index in [-0.39, 0.29) is 5.56 Å². The molecule has 1 amide bonds. The standard InChI is InChI=1S/C9H6BrF3N2O3/c1-4-5(10)2-3-6(7(4)15(17)18)14-8(16)9(11,12)13/h2-3H,1H3,(H,14,16). The van der Waals surface area contributed by atoms with Gasteiger partial charge < -0.3 is 5.32 Å². The molecule has 0 aromatic heterocycles. The Hall–Kier alpha value is -1.64. The number of hydrogen-bond donors (Lipinski definition) is 1. The van der Waals surface area contributed by atoms with Crippen LogP contribution in [0, 0.1) is 17.0 Å². The Morgan fingerprint density at radius 2 is 2.00 bits per heavy atom. The van der Waals surface area contributed by atoms with Crippen LogP contribution in [0.1, 0.15) is 5.56 Å². The molecule has 0 spiro atoms. The molecule has 5 nitrogen and oxygen atoms in total. The van der Waals surface area contributed by atoms with Gasteiger partial charge in [0, 0.05) is 10.0 Å². The number of nitro benzene ring substituents is 1. The smallest absolute Gasteiger partial charge is 0.312 e. The first-order chi connectivity index (χ1) is 8.14. The highest BCUT2D eigenvalue weighted by atomic mass is 79.9. The van der Waals surface area contributed by atoms with Crippen LogP contribution in [0.25, 0.3) is 0 Å². The minimum Gasteiger partial charge on any atom is -0.312 e. The second-order valence-corrected chi connectivity index (χ2v) is 4.13. The lowest BCUT2D eigenvalue weighted by atomic mass is 10.1. The van der Waals surface area contributed by atoms with Crippen molar-refractivity contribution < 1.29 is 22.9 Å². The number of benzene rings is 1. The third-order valence-corrected chi connectivity index (χ3v) is 2.91. The van der Waals surface area contributed by atoms with E-state index in [1.807, 2.05) is 0 Å². The average molecular weight is 327 g/mol. The number of amides is 1. The lowest BCUT2D eigenvalue weighted by molar-refractivity contribution is -0.384. The summed E-state index contributed by atoms with van der Waals surface area (Å²) < 4.78 is 36.5. The minimum atomic E-state index is -5.10. The van der Waals surface area contributed by atoms with E-state index in [1.54, 1.807) is 0 Å². The summed E-state index contributed by atoms with van der Waals surface area (Å²) in [5.74, 6) is -2.26. The number of alkyl halides is 3. The van der Waals surface area contributed by atoms with Gasteiger partial charge in [-0.3, -0.25) is 14.9 Å². The molecule has 1 aromatic carbocycles. The zero-order valence-electron chi connectivity index (χ0n) is 8.84. The van der Waals surface area contributed by atoms with Gasteiger partial charge in [0.25, 0.3) is 5.69 Å². The minimum absolute atomic E-state index is 0.125. The predicted molar refractivity (Wildman–Crippen MR) is 60.2 cm³/mol. The van der Waals surface area contributed by atoms with Gasteiger partial charge in [0.1, 0.15) is 5.69 Å². The maximum absolute atomic E-state index is 12.1. The summed E-state index contributed by atoms with van der Waals surface area (Å²) in [6, 6.07) is 2.34. The fourth-order valence-electron chi connectivity index (χ4n) is 1.20. The number of nitro groups is 1. The van der Waals surface area contributed by atoms with E-state index in [9.17, 15) is 28.1 Å². The van der Waals surface area contributed by atoms with Gasteiger partial charge in [0.2, 0.25) is 0 Å². The highest BCUT2D eigenvalue weighted by Crippen LogP contribution is 2.34. The lowest BCUT2D eigenvalue weighted by Crippen LogP contribution is -2.30. The van der Waals surface area contributed by atoms with Gasteiger partial charge in [-0.15, -0.1) is 0 Å². The molecule has 1 N–H and O–H groups in total. The Morgan fingerprint density at radius 1 is 1.44 bits per heavy atom. The maximum atomic E-state index is 12.1. The Labute approximate surface area is 107 Å². The molecule has 0 bridgehead atoms. The van der Waals surface area contributed by atoms with Crippen molar-refractivity contribution in [3.05, 3.63) is 32.3 Å². The quantitative estimate of drug-likeness (QED) is 0.670. The number of carbonyl (C=O) groups excluding carboxylic acids is 1. The fraction of sp³-hybridized carbons (Fsp3) is 0.222. The van der Waals surface area contributed by atoms with Crippen LogP contribution in [-0.4, -0.2) is 17.0 Å². The van der Waals surface area contributed by atoms with Crippen molar-refractivity contribution in [1.82, 2.24) is 0 Å². The summed E-state index contributed by atoms with van der Waals surface area (Å²) in [6.45, 7) is 1.35. The number of hydrogen-bond acceptors (Lipinski definition) is 3. The van der Waals surface area contributed by atoms with E-state index in [2.05, 4.69) is 15.9 Å². The largest absolute Gasteiger partial charge is 0.471 e. The van der Waals surface area contributed by atoms with Gasteiger partial charge in [-0.05, 0) is 19.1 Å². The van der Waals surface area contributed by atoms with E-state index >= 15 is 0 Å². The van der Waals surface area contributed by atoms with Crippen molar-refractivity contribution in [2.75, 3.05) is 5.32 Å². The van der Waals surface area contributed by atoms with Gasteiger partial charge in [0.05, 0.1) is 4.92 Å². The van der Waals surface area contributed by atoms with Crippen molar-refractivity contribution in [2.45, 2.75) is 13.1 Å². The van der Waals surface area contributed by atoms with Crippen LogP contribution in [0.15, 0.2) is 16.6 Å². The Balaban J connectivity index is 3.22. The molecule has 0 saturated heterocycles. The Bertz CT molecular complexity index is 517. The number of nitrogens with one attached hydrogen (secondary N) is 1. The monoisotopic (exact) mass is 326 g/mol. The first-order valence-electron chi connectivity index (χ1n) is 4.46. The Kier molecular flexibility index (Phi) is 3.95. The molecule has 18 heavy (non-hydrogen) atoms. The van der Waals surface area contributed by atoms with Gasteiger partial charge in [-0.25, -0.2) is 0 Å². The van der Waals surface area contributed by atoms with Crippen LogP contribution < -0.4 is 5.32 Å². The van der Waals surface area contributed by atoms with Crippen LogP contribution in [-0.2, 0) is 4.79 Å². The molecule has 0 aliphatic carbocycles. The van der Waals surface area contributed by atoms with E-state index < -0.39 is 28.4 Å². The summed E-state index contributed by atoms with van der Waals surface area (Å²) in [7, 11) is 0. The number of carbonyl (C=O) groups is 1. The third-order valence-electron chi connectivity index (χ3n) is 2.05. The van der Waals surface area contributed by atoms with Crippen LogP contribution in [0.3, 0.4) is 0 Å². The molecule has 0 unspecified atom stereocenters. The molecule has 0 radical (unpaired) electrons. The van der Waals surface area contributed by atoms with Crippen molar-refractivity contribution in [3.63, 3.8) is 0 Å². The molecule has 1 rings (SSSR count). The molecule has 9 heteroatoms. The fourth-order valence-corrected chi connectivity index (χ4v) is 1.52. The number of anilines is 1. The molecule has 0 atom stereocenters. The van der Waals surface area contributed by atoms with Crippen LogP contribution in [0.2, 0.25) is 0 Å². The van der Waals surface area contributed by atoms with Gasteiger partial charge in [0.15, 0.2) is 0 Å². The molecule has 0 aliphatic heterocycles. The molecular weight excluding hydrogens is 321 g/mol. The molecular formula is C9H6BrF3N2O3. The SMILES string of the molecule is Cc1c(Br)ccc(NC(=O)C(F)(F)F)c1[N+](=O)[O-]. The summed E-state index contributed by atoms with van der Waals surface area (Å²) in [4.78, 5) is 20.7. The van der Waals surface area contributed by atoms with Crippen molar-refractivity contribution >= 4 is 33.2 Å². The molecule has 0 heterocycles. The first-order valence-corrected chi connectivity index (χ1v) is 5.25. The summed E-state index contributed by atoms with van der Waals surface area (Å²) in [5, 5.41) is 12.3. The van der Waals surface area contributed by atoms with Crippen LogP contribution >= 0.6 is 15.9 Å². The molecule has 98 valence electrons. The lowest BCUT2D eigenvalue weighted by Gasteiger charge is -2.10. The maximum Gasteiger partial charge on any atom is 0.471 e. The number of rotatable bonds is 2. The van der Waals surface area contributed by atoms with E-state index in [0.29, 0.717) is 4.47 Å². The zero-order chi connectivity index (χ0) is 14.1. The first kappa shape index (κ1) is 14.4. The topological polar surface area (TPSA) is 72.2 Å². The normalized spacial score (nSPS) is 11.2. The van der Waals surface area contributed by atoms with Gasteiger partial charge >= 0.3 is 12.1 Å². The molecule has 0 fully saturated rings. The predicted octanol–water partition coefficient (Wildman–Crippen LogP) is 3.17. The summed E-state index contributed by atoms with van der Waals surface area (Å²) in [6.07, 6.45) is -5.10. The number of halogens is 4. The molecule has 0 aliphatic rings. The Morgan fingerprint density at radius 3 is 2.44 bits per heavy atom. The van der Waals surface area contributed by atoms with Gasteiger partial charge in [-0.1, -0.05) is 15.9 Å². The second-order valence-electron chi connectivity index (χ2n) is 3.28. The molecule has 0 saturated carbocycles. The molecule has 1 aromatic rings. The summed E-state index contributed by atoms with van der Waals surface area (Å²) >= 11 is 3.01. The number of nitrogens with zero attached hydrogens (tertiary/aromatic N) is 1. The average Bonchev–Trinajstić information content (AvgIpc) is 2.21. The van der Waals surface area contributed by atoms with Gasteiger partial charge in [-0.2, -0.15) is 13.2 Å². The van der Waals surface area contributed by atoms with Crippen LogP contribution in [0.5, 0.6) is 0 Å². The highest BCUT2D eigenvalue weighted by molar-refractivity contribution is 9.10. The zero-order valence-corrected chi connectivity index (χ0v) is 10.4. The van der Waals surface area contributed by atoms with E-state index in [1.165, 1.54) is 18.3 Å². The third kappa shape index (κ3) is 2.97.